The van der Waals surface area contributed by atoms with E-state index < -0.39 is 0 Å². The third-order valence-corrected chi connectivity index (χ3v) is 3.26. The van der Waals surface area contributed by atoms with E-state index in [2.05, 4.69) is 15.9 Å². The highest BCUT2D eigenvalue weighted by Crippen LogP contribution is 2.15. The second-order valence-electron chi connectivity index (χ2n) is 4.45. The molecule has 0 amide bonds. The van der Waals surface area contributed by atoms with Crippen molar-refractivity contribution in [3.8, 4) is 5.75 Å². The molecule has 21 heavy (non-hydrogen) atoms. The Morgan fingerprint density at radius 1 is 0.857 bits per heavy atom. The number of carbonyl (C=O) groups is 2. The van der Waals surface area contributed by atoms with Crippen LogP contribution in [0.2, 0.25) is 0 Å². The van der Waals surface area contributed by atoms with Gasteiger partial charge in [-0.15, -0.1) is 0 Å². The molecule has 0 saturated carbocycles. The summed E-state index contributed by atoms with van der Waals surface area (Å²) >= 11 is 3.28. The topological polar surface area (TPSA) is 43.4 Å². The van der Waals surface area contributed by atoms with Gasteiger partial charge >= 0.3 is 0 Å². The normalized spacial score (nSPS) is 10.1. The molecule has 0 heterocycles. The van der Waals surface area contributed by atoms with E-state index in [1.54, 1.807) is 48.5 Å². The van der Waals surface area contributed by atoms with Crippen molar-refractivity contribution >= 4 is 27.5 Å². The molecule has 0 N–H and O–H groups in total. The standard InChI is InChI=1S/C17H15BrO3/c18-10-11-21-15-8-6-14(7-9-15)17(20)12-16(19)13-4-2-1-3-5-13/h1-9H,10-12H2. The molecule has 0 aliphatic rings. The summed E-state index contributed by atoms with van der Waals surface area (Å²) < 4.78 is 5.42. The van der Waals surface area contributed by atoms with Crippen LogP contribution in [0.1, 0.15) is 27.1 Å². The Labute approximate surface area is 132 Å². The van der Waals surface area contributed by atoms with Crippen LogP contribution in [0.5, 0.6) is 5.75 Å². The minimum absolute atomic E-state index is 0.119. The van der Waals surface area contributed by atoms with Gasteiger partial charge in [0.15, 0.2) is 11.6 Å². The van der Waals surface area contributed by atoms with Crippen LogP contribution in [-0.4, -0.2) is 23.5 Å². The molecule has 0 unspecified atom stereocenters. The molecule has 2 aromatic carbocycles. The molecule has 0 aliphatic heterocycles. The number of alkyl halides is 1. The Bertz CT molecular complexity index is 606. The van der Waals surface area contributed by atoms with E-state index in [4.69, 9.17) is 4.74 Å². The zero-order valence-electron chi connectivity index (χ0n) is 11.4. The first-order chi connectivity index (χ1) is 10.2. The van der Waals surface area contributed by atoms with E-state index in [-0.39, 0.29) is 18.0 Å². The summed E-state index contributed by atoms with van der Waals surface area (Å²) in [5, 5.41) is 0.749. The minimum Gasteiger partial charge on any atom is -0.493 e. The lowest BCUT2D eigenvalue weighted by Crippen LogP contribution is -2.08. The number of ether oxygens (including phenoxy) is 1. The first kappa shape index (κ1) is 15.4. The third kappa shape index (κ3) is 4.53. The van der Waals surface area contributed by atoms with Crippen LogP contribution in [0.3, 0.4) is 0 Å². The van der Waals surface area contributed by atoms with Gasteiger partial charge in [-0.25, -0.2) is 0 Å². The molecule has 108 valence electrons. The number of hydrogen-bond acceptors (Lipinski definition) is 3. The Balaban J connectivity index is 1.98. The summed E-state index contributed by atoms with van der Waals surface area (Å²) in [6, 6.07) is 15.7. The average molecular weight is 347 g/mol. The van der Waals surface area contributed by atoms with E-state index in [1.807, 2.05) is 6.07 Å². The highest BCUT2D eigenvalue weighted by Gasteiger charge is 2.13. The molecule has 2 aromatic rings. The van der Waals surface area contributed by atoms with Gasteiger partial charge in [0.05, 0.1) is 13.0 Å². The van der Waals surface area contributed by atoms with Crippen LogP contribution >= 0.6 is 15.9 Å². The van der Waals surface area contributed by atoms with E-state index >= 15 is 0 Å². The molecule has 0 bridgehead atoms. The van der Waals surface area contributed by atoms with Gasteiger partial charge in [0.1, 0.15) is 5.75 Å². The van der Waals surface area contributed by atoms with Crippen LogP contribution in [0.15, 0.2) is 54.6 Å². The minimum atomic E-state index is -0.184. The Kier molecular flexibility index (Phi) is 5.69. The predicted octanol–water partition coefficient (Wildman–Crippen LogP) is 3.92. The number of carbonyl (C=O) groups excluding carboxylic acids is 2. The van der Waals surface area contributed by atoms with Crippen molar-refractivity contribution in [1.29, 1.82) is 0 Å². The summed E-state index contributed by atoms with van der Waals surface area (Å²) in [6.45, 7) is 0.569. The van der Waals surface area contributed by atoms with Gasteiger partial charge in [-0.05, 0) is 24.3 Å². The van der Waals surface area contributed by atoms with Gasteiger partial charge in [-0.2, -0.15) is 0 Å². The maximum absolute atomic E-state index is 12.1. The van der Waals surface area contributed by atoms with Gasteiger partial charge in [0.2, 0.25) is 0 Å². The summed E-state index contributed by atoms with van der Waals surface area (Å²) in [6.07, 6.45) is -0.119. The van der Waals surface area contributed by atoms with Crippen LogP contribution in [0, 0.1) is 0 Å². The number of Topliss-reactive ketones (excluding diaryl/α,β-unsaturated/α-hetero) is 2. The van der Waals surface area contributed by atoms with Crippen molar-refractivity contribution in [3.63, 3.8) is 0 Å². The average Bonchev–Trinajstić information content (AvgIpc) is 2.54. The second-order valence-corrected chi connectivity index (χ2v) is 5.24. The van der Waals surface area contributed by atoms with Gasteiger partial charge in [0.25, 0.3) is 0 Å². The summed E-state index contributed by atoms with van der Waals surface area (Å²) in [5.41, 5.74) is 1.08. The van der Waals surface area contributed by atoms with E-state index in [1.165, 1.54) is 0 Å². The Morgan fingerprint density at radius 3 is 2.00 bits per heavy atom. The maximum atomic E-state index is 12.1. The number of rotatable bonds is 7. The lowest BCUT2D eigenvalue weighted by atomic mass is 10.0. The van der Waals surface area contributed by atoms with Gasteiger partial charge in [-0.3, -0.25) is 9.59 Å². The smallest absolute Gasteiger partial charge is 0.170 e. The fourth-order valence-corrected chi connectivity index (χ4v) is 2.03. The van der Waals surface area contributed by atoms with Crippen LogP contribution in [0.25, 0.3) is 0 Å². The molecule has 2 rings (SSSR count). The monoisotopic (exact) mass is 346 g/mol. The van der Waals surface area contributed by atoms with E-state index in [0.717, 1.165) is 5.33 Å². The fraction of sp³-hybridized carbons (Fsp3) is 0.176. The van der Waals surface area contributed by atoms with Gasteiger partial charge in [-0.1, -0.05) is 46.3 Å². The third-order valence-electron chi connectivity index (χ3n) is 2.94. The molecule has 0 aromatic heterocycles. The lowest BCUT2D eigenvalue weighted by molar-refractivity contribution is 0.0894. The molecule has 0 atom stereocenters. The quantitative estimate of drug-likeness (QED) is 0.433. The van der Waals surface area contributed by atoms with Crippen LogP contribution in [-0.2, 0) is 0 Å². The molecule has 0 radical (unpaired) electrons. The molecule has 0 fully saturated rings. The first-order valence-corrected chi connectivity index (χ1v) is 7.73. The van der Waals surface area contributed by atoms with Crippen molar-refractivity contribution < 1.29 is 14.3 Å². The maximum Gasteiger partial charge on any atom is 0.170 e. The van der Waals surface area contributed by atoms with E-state index in [9.17, 15) is 9.59 Å². The highest BCUT2D eigenvalue weighted by atomic mass is 79.9. The number of ketones is 2. The summed E-state index contributed by atoms with van der Waals surface area (Å²) in [5.74, 6) is 0.358. The first-order valence-electron chi connectivity index (χ1n) is 6.61. The van der Waals surface area contributed by atoms with Crippen LogP contribution in [0.4, 0.5) is 0 Å². The molecular weight excluding hydrogens is 332 g/mol. The summed E-state index contributed by atoms with van der Waals surface area (Å²) in [7, 11) is 0. The SMILES string of the molecule is O=C(CC(=O)c1ccc(OCCBr)cc1)c1ccccc1. The van der Waals surface area contributed by atoms with Crippen molar-refractivity contribution in [2.45, 2.75) is 6.42 Å². The van der Waals surface area contributed by atoms with Gasteiger partial charge in [0, 0.05) is 16.5 Å². The lowest BCUT2D eigenvalue weighted by Gasteiger charge is -2.05. The van der Waals surface area contributed by atoms with Crippen LogP contribution < -0.4 is 4.74 Å². The number of hydrogen-bond donors (Lipinski definition) is 0. The number of benzene rings is 2. The number of halogens is 1. The van der Waals surface area contributed by atoms with Crippen molar-refractivity contribution in [3.05, 3.63) is 65.7 Å². The molecular formula is C17H15BrO3. The molecule has 3 nitrogen and oxygen atoms in total. The predicted molar refractivity (Wildman–Crippen MR) is 85.5 cm³/mol. The molecule has 0 spiro atoms. The Morgan fingerprint density at radius 2 is 1.43 bits per heavy atom. The van der Waals surface area contributed by atoms with Crippen molar-refractivity contribution in [2.24, 2.45) is 0 Å². The Hall–Kier alpha value is -1.94. The van der Waals surface area contributed by atoms with E-state index in [0.29, 0.717) is 23.5 Å². The summed E-state index contributed by atoms with van der Waals surface area (Å²) in [4.78, 5) is 24.1. The molecule has 0 aliphatic carbocycles. The van der Waals surface area contributed by atoms with Gasteiger partial charge < -0.3 is 4.74 Å². The zero-order valence-corrected chi connectivity index (χ0v) is 13.0. The van der Waals surface area contributed by atoms with Crippen molar-refractivity contribution in [1.82, 2.24) is 0 Å². The fourth-order valence-electron chi connectivity index (χ4n) is 1.87. The molecule has 0 saturated heterocycles. The molecule has 4 heteroatoms. The zero-order chi connectivity index (χ0) is 15.1. The highest BCUT2D eigenvalue weighted by molar-refractivity contribution is 9.09. The van der Waals surface area contributed by atoms with Crippen molar-refractivity contribution in [2.75, 3.05) is 11.9 Å². The largest absolute Gasteiger partial charge is 0.493 e. The second kappa shape index (κ2) is 7.74.